The second-order valence-corrected chi connectivity index (χ2v) is 5.12. The van der Waals surface area contributed by atoms with Crippen molar-refractivity contribution in [1.82, 2.24) is 0 Å². The number of benzene rings is 2. The molecule has 0 saturated carbocycles. The zero-order valence-electron chi connectivity index (χ0n) is 11.9. The summed E-state index contributed by atoms with van der Waals surface area (Å²) in [7, 11) is 0. The minimum Gasteiger partial charge on any atom is -0.329 e. The standard InChI is InChI=1S/C18H18N2O/c1-2-18(21)20(11-10-19)17-9-5-8-15-14-7-4-3-6-13(14)12-16(15)17/h2-9H,1,10-12,19H2. The van der Waals surface area contributed by atoms with Gasteiger partial charge in [0.2, 0.25) is 5.91 Å². The topological polar surface area (TPSA) is 46.3 Å². The molecule has 0 aromatic heterocycles. The minimum atomic E-state index is -0.107. The fourth-order valence-corrected chi connectivity index (χ4v) is 2.98. The molecule has 1 amide bonds. The van der Waals surface area contributed by atoms with Crippen molar-refractivity contribution in [2.75, 3.05) is 18.0 Å². The number of fused-ring (bicyclic) bond motifs is 3. The number of amides is 1. The lowest BCUT2D eigenvalue weighted by molar-refractivity contribution is -0.114. The van der Waals surface area contributed by atoms with Gasteiger partial charge in [0, 0.05) is 25.2 Å². The predicted molar refractivity (Wildman–Crippen MR) is 86.3 cm³/mol. The average Bonchev–Trinajstić information content (AvgIpc) is 2.91. The van der Waals surface area contributed by atoms with Crippen LogP contribution in [0.1, 0.15) is 11.1 Å². The second-order valence-electron chi connectivity index (χ2n) is 5.12. The molecule has 0 bridgehead atoms. The summed E-state index contributed by atoms with van der Waals surface area (Å²) >= 11 is 0. The Balaban J connectivity index is 2.10. The molecule has 0 saturated heterocycles. The fraction of sp³-hybridized carbons (Fsp3) is 0.167. The van der Waals surface area contributed by atoms with E-state index in [1.54, 1.807) is 4.90 Å². The Labute approximate surface area is 124 Å². The summed E-state index contributed by atoms with van der Waals surface area (Å²) in [6.07, 6.45) is 2.20. The van der Waals surface area contributed by atoms with Crippen molar-refractivity contribution in [3.63, 3.8) is 0 Å². The highest BCUT2D eigenvalue weighted by Gasteiger charge is 2.24. The van der Waals surface area contributed by atoms with Gasteiger partial charge in [0.1, 0.15) is 0 Å². The third-order valence-corrected chi connectivity index (χ3v) is 3.91. The number of anilines is 1. The van der Waals surface area contributed by atoms with E-state index in [4.69, 9.17) is 5.73 Å². The molecule has 2 aromatic carbocycles. The van der Waals surface area contributed by atoms with Crippen molar-refractivity contribution in [2.45, 2.75) is 6.42 Å². The van der Waals surface area contributed by atoms with E-state index in [-0.39, 0.29) is 5.91 Å². The van der Waals surface area contributed by atoms with Gasteiger partial charge >= 0.3 is 0 Å². The van der Waals surface area contributed by atoms with Crippen molar-refractivity contribution in [3.8, 4) is 11.1 Å². The number of hydrogen-bond acceptors (Lipinski definition) is 2. The van der Waals surface area contributed by atoms with Crippen molar-refractivity contribution in [1.29, 1.82) is 0 Å². The normalized spacial score (nSPS) is 11.7. The van der Waals surface area contributed by atoms with Gasteiger partial charge in [-0.2, -0.15) is 0 Å². The monoisotopic (exact) mass is 278 g/mol. The summed E-state index contributed by atoms with van der Waals surface area (Å²) in [5.41, 5.74) is 11.6. The molecule has 3 nitrogen and oxygen atoms in total. The molecule has 106 valence electrons. The average molecular weight is 278 g/mol. The zero-order valence-corrected chi connectivity index (χ0v) is 11.9. The van der Waals surface area contributed by atoms with Gasteiger partial charge in [0.15, 0.2) is 0 Å². The minimum absolute atomic E-state index is 0.107. The maximum atomic E-state index is 12.1. The first-order valence-electron chi connectivity index (χ1n) is 7.10. The Morgan fingerprint density at radius 1 is 1.19 bits per heavy atom. The molecule has 0 unspecified atom stereocenters. The zero-order chi connectivity index (χ0) is 14.8. The Morgan fingerprint density at radius 3 is 2.71 bits per heavy atom. The van der Waals surface area contributed by atoms with E-state index in [2.05, 4.69) is 30.8 Å². The van der Waals surface area contributed by atoms with Crippen molar-refractivity contribution in [3.05, 3.63) is 66.2 Å². The van der Waals surface area contributed by atoms with Crippen LogP contribution in [0, 0.1) is 0 Å². The van der Waals surface area contributed by atoms with E-state index >= 15 is 0 Å². The van der Waals surface area contributed by atoms with Gasteiger partial charge in [0.25, 0.3) is 0 Å². The molecule has 0 spiro atoms. The number of nitrogens with two attached hydrogens (primary N) is 1. The summed E-state index contributed by atoms with van der Waals surface area (Å²) in [6.45, 7) is 4.51. The Bertz CT molecular complexity index is 706. The van der Waals surface area contributed by atoms with E-state index in [1.165, 1.54) is 28.3 Å². The van der Waals surface area contributed by atoms with Crippen LogP contribution in [0.15, 0.2) is 55.1 Å². The Morgan fingerprint density at radius 2 is 1.95 bits per heavy atom. The van der Waals surface area contributed by atoms with Crippen LogP contribution in [0.25, 0.3) is 11.1 Å². The van der Waals surface area contributed by atoms with Crippen LogP contribution in [0.2, 0.25) is 0 Å². The lowest BCUT2D eigenvalue weighted by Gasteiger charge is -2.23. The van der Waals surface area contributed by atoms with Crippen molar-refractivity contribution < 1.29 is 4.79 Å². The molecule has 21 heavy (non-hydrogen) atoms. The molecule has 2 aromatic rings. The van der Waals surface area contributed by atoms with Crippen LogP contribution in [0.3, 0.4) is 0 Å². The molecule has 0 atom stereocenters. The maximum Gasteiger partial charge on any atom is 0.250 e. The van der Waals surface area contributed by atoms with Crippen molar-refractivity contribution >= 4 is 11.6 Å². The number of hydrogen-bond donors (Lipinski definition) is 1. The molecule has 1 aliphatic carbocycles. The Kier molecular flexibility index (Phi) is 3.59. The quantitative estimate of drug-likeness (QED) is 0.746. The summed E-state index contributed by atoms with van der Waals surface area (Å²) in [6, 6.07) is 14.5. The number of carbonyl (C=O) groups excluding carboxylic acids is 1. The first kappa shape index (κ1) is 13.6. The first-order chi connectivity index (χ1) is 10.3. The number of nitrogens with zero attached hydrogens (tertiary/aromatic N) is 1. The highest BCUT2D eigenvalue weighted by molar-refractivity contribution is 6.02. The summed E-state index contributed by atoms with van der Waals surface area (Å²) in [5, 5.41) is 0. The van der Waals surface area contributed by atoms with E-state index in [1.807, 2.05) is 18.2 Å². The summed E-state index contributed by atoms with van der Waals surface area (Å²) < 4.78 is 0. The smallest absolute Gasteiger partial charge is 0.250 e. The highest BCUT2D eigenvalue weighted by Crippen LogP contribution is 2.41. The van der Waals surface area contributed by atoms with Gasteiger partial charge in [-0.3, -0.25) is 4.79 Å². The first-order valence-corrected chi connectivity index (χ1v) is 7.10. The van der Waals surface area contributed by atoms with Crippen molar-refractivity contribution in [2.24, 2.45) is 5.73 Å². The fourth-order valence-electron chi connectivity index (χ4n) is 2.98. The maximum absolute atomic E-state index is 12.1. The van der Waals surface area contributed by atoms with Crippen LogP contribution < -0.4 is 10.6 Å². The van der Waals surface area contributed by atoms with Gasteiger partial charge in [0.05, 0.1) is 0 Å². The highest BCUT2D eigenvalue weighted by atomic mass is 16.2. The van der Waals surface area contributed by atoms with Gasteiger partial charge in [-0.25, -0.2) is 0 Å². The third-order valence-electron chi connectivity index (χ3n) is 3.91. The van der Waals surface area contributed by atoms with Gasteiger partial charge in [-0.1, -0.05) is 43.0 Å². The Hall–Kier alpha value is -2.39. The number of rotatable bonds is 4. The van der Waals surface area contributed by atoms with Crippen LogP contribution in [-0.2, 0) is 11.2 Å². The largest absolute Gasteiger partial charge is 0.329 e. The molecule has 3 heteroatoms. The molecule has 0 fully saturated rings. The molecule has 0 aliphatic heterocycles. The number of carbonyl (C=O) groups is 1. The van der Waals surface area contributed by atoms with Crippen LogP contribution in [0.4, 0.5) is 5.69 Å². The summed E-state index contributed by atoms with van der Waals surface area (Å²) in [4.78, 5) is 13.8. The molecule has 1 aliphatic rings. The van der Waals surface area contributed by atoms with Crippen LogP contribution >= 0.6 is 0 Å². The van der Waals surface area contributed by atoms with E-state index in [9.17, 15) is 4.79 Å². The van der Waals surface area contributed by atoms with Gasteiger partial charge < -0.3 is 10.6 Å². The molecule has 2 N–H and O–H groups in total. The summed E-state index contributed by atoms with van der Waals surface area (Å²) in [5.74, 6) is -0.107. The van der Waals surface area contributed by atoms with E-state index < -0.39 is 0 Å². The van der Waals surface area contributed by atoms with E-state index in [0.29, 0.717) is 13.1 Å². The van der Waals surface area contributed by atoms with Gasteiger partial charge in [-0.05, 0) is 34.4 Å². The molecule has 0 radical (unpaired) electrons. The van der Waals surface area contributed by atoms with Crippen LogP contribution in [0.5, 0.6) is 0 Å². The second kappa shape index (κ2) is 5.54. The SMILES string of the molecule is C=CC(=O)N(CCN)c1cccc2c1Cc1ccccc1-2. The molecular formula is C18H18N2O. The van der Waals surface area contributed by atoms with Crippen LogP contribution in [-0.4, -0.2) is 19.0 Å². The lowest BCUT2D eigenvalue weighted by atomic mass is 10.0. The molecular weight excluding hydrogens is 260 g/mol. The lowest BCUT2D eigenvalue weighted by Crippen LogP contribution is -2.34. The molecule has 0 heterocycles. The predicted octanol–water partition coefficient (Wildman–Crippen LogP) is 2.74. The molecule has 3 rings (SSSR count). The third kappa shape index (κ3) is 2.26. The van der Waals surface area contributed by atoms with E-state index in [0.717, 1.165) is 12.1 Å². The van der Waals surface area contributed by atoms with Gasteiger partial charge in [-0.15, -0.1) is 0 Å².